The van der Waals surface area contributed by atoms with Gasteiger partial charge in [-0.15, -0.1) is 0 Å². The number of carbonyl (C=O) groups excluding carboxylic acids is 3. The Bertz CT molecular complexity index is 529. The van der Waals surface area contributed by atoms with Crippen LogP contribution in [-0.2, 0) is 28.6 Å². The van der Waals surface area contributed by atoms with E-state index < -0.39 is 0 Å². The second-order valence-electron chi connectivity index (χ2n) is 7.14. The first kappa shape index (κ1) is 24.1. The molecule has 0 amide bonds. The van der Waals surface area contributed by atoms with Crippen molar-refractivity contribution in [3.63, 3.8) is 0 Å². The van der Waals surface area contributed by atoms with Gasteiger partial charge in [0, 0.05) is 38.5 Å². The maximum absolute atomic E-state index is 11.5. The van der Waals surface area contributed by atoms with Crippen LogP contribution in [0.5, 0.6) is 0 Å². The molecule has 0 bridgehead atoms. The molecule has 0 saturated heterocycles. The van der Waals surface area contributed by atoms with Gasteiger partial charge in [0.1, 0.15) is 12.2 Å². The highest BCUT2D eigenvalue weighted by Crippen LogP contribution is 2.40. The zero-order valence-electron chi connectivity index (χ0n) is 17.2. The number of carbonyl (C=O) groups is 3. The normalized spacial score (nSPS) is 24.3. The average molecular weight is 398 g/mol. The van der Waals surface area contributed by atoms with Gasteiger partial charge in [0.2, 0.25) is 0 Å². The maximum atomic E-state index is 11.5. The van der Waals surface area contributed by atoms with Crippen molar-refractivity contribution >= 4 is 17.9 Å². The Hall–Kier alpha value is -1.89. The van der Waals surface area contributed by atoms with Gasteiger partial charge in [-0.2, -0.15) is 0 Å². The van der Waals surface area contributed by atoms with Gasteiger partial charge in [-0.3, -0.25) is 14.4 Å². The molecule has 0 heterocycles. The Kier molecular flexibility index (Phi) is 11.5. The van der Waals surface area contributed by atoms with E-state index in [1.54, 1.807) is 13.0 Å². The molecule has 4 atom stereocenters. The number of hydrogen-bond donors (Lipinski definition) is 1. The van der Waals surface area contributed by atoms with Crippen LogP contribution in [0.15, 0.2) is 12.2 Å². The van der Waals surface area contributed by atoms with Crippen LogP contribution in [-0.4, -0.2) is 48.4 Å². The third-order valence-corrected chi connectivity index (χ3v) is 4.94. The van der Waals surface area contributed by atoms with Gasteiger partial charge in [0.15, 0.2) is 0 Å². The Morgan fingerprint density at radius 1 is 1.00 bits per heavy atom. The number of rotatable bonds is 12. The fourth-order valence-corrected chi connectivity index (χ4v) is 3.87. The van der Waals surface area contributed by atoms with E-state index in [2.05, 4.69) is 0 Å². The molecule has 1 saturated carbocycles. The van der Waals surface area contributed by atoms with Crippen molar-refractivity contribution in [2.24, 2.45) is 11.8 Å². The van der Waals surface area contributed by atoms with Crippen molar-refractivity contribution in [3.05, 3.63) is 12.2 Å². The Morgan fingerprint density at radius 3 is 2.25 bits per heavy atom. The molecule has 1 aliphatic rings. The Morgan fingerprint density at radius 2 is 1.64 bits per heavy atom. The summed E-state index contributed by atoms with van der Waals surface area (Å²) in [5, 5.41) is 9.13. The lowest BCUT2D eigenvalue weighted by molar-refractivity contribution is -0.149. The number of hydrogen-bond acceptors (Lipinski definition) is 7. The lowest BCUT2D eigenvalue weighted by Crippen LogP contribution is -2.25. The molecule has 4 unspecified atom stereocenters. The highest BCUT2D eigenvalue weighted by molar-refractivity contribution is 5.69. The van der Waals surface area contributed by atoms with Gasteiger partial charge in [0.05, 0.1) is 13.2 Å². The second kappa shape index (κ2) is 13.3. The molecule has 0 aromatic heterocycles. The van der Waals surface area contributed by atoms with E-state index in [0.29, 0.717) is 19.4 Å². The third kappa shape index (κ3) is 8.87. The van der Waals surface area contributed by atoms with Gasteiger partial charge in [-0.1, -0.05) is 31.4 Å². The summed E-state index contributed by atoms with van der Waals surface area (Å²) in [6, 6.07) is 0. The van der Waals surface area contributed by atoms with E-state index in [4.69, 9.17) is 19.3 Å². The van der Waals surface area contributed by atoms with Crippen molar-refractivity contribution < 1.29 is 33.7 Å². The van der Waals surface area contributed by atoms with E-state index in [0.717, 1.165) is 32.1 Å². The minimum absolute atomic E-state index is 0.0288. The zero-order valence-corrected chi connectivity index (χ0v) is 17.2. The molecule has 28 heavy (non-hydrogen) atoms. The molecule has 1 fully saturated rings. The van der Waals surface area contributed by atoms with Gasteiger partial charge in [-0.25, -0.2) is 0 Å². The van der Waals surface area contributed by atoms with E-state index in [9.17, 15) is 14.4 Å². The summed E-state index contributed by atoms with van der Waals surface area (Å²) in [5.74, 6) is -0.945. The Labute approximate surface area is 167 Å². The third-order valence-electron chi connectivity index (χ3n) is 4.94. The highest BCUT2D eigenvalue weighted by atomic mass is 16.6. The molecular formula is C21H34O7. The van der Waals surface area contributed by atoms with Crippen LogP contribution in [0.4, 0.5) is 0 Å². The molecule has 0 aliphatic heterocycles. The topological polar surface area (TPSA) is 99.1 Å². The summed E-state index contributed by atoms with van der Waals surface area (Å²) in [7, 11) is 0. The van der Waals surface area contributed by atoms with Crippen LogP contribution in [0.2, 0.25) is 0 Å². The summed E-state index contributed by atoms with van der Waals surface area (Å²) >= 11 is 0. The molecule has 7 nitrogen and oxygen atoms in total. The summed E-state index contributed by atoms with van der Waals surface area (Å²) in [6.45, 7) is 4.85. The van der Waals surface area contributed by atoms with Crippen molar-refractivity contribution in [1.29, 1.82) is 0 Å². The predicted octanol–water partition coefficient (Wildman–Crippen LogP) is 2.94. The second-order valence-corrected chi connectivity index (χ2v) is 7.14. The minimum Gasteiger partial charge on any atom is -0.466 e. The molecule has 1 aliphatic carbocycles. The molecule has 0 aromatic carbocycles. The van der Waals surface area contributed by atoms with Crippen molar-refractivity contribution in [2.45, 2.75) is 77.9 Å². The van der Waals surface area contributed by atoms with Crippen LogP contribution in [0.25, 0.3) is 0 Å². The molecule has 0 radical (unpaired) electrons. The first-order valence-electron chi connectivity index (χ1n) is 10.2. The lowest BCUT2D eigenvalue weighted by atomic mass is 9.88. The summed E-state index contributed by atoms with van der Waals surface area (Å²) in [5.41, 5.74) is 0. The first-order valence-corrected chi connectivity index (χ1v) is 10.2. The minimum atomic E-state index is -0.367. The van der Waals surface area contributed by atoms with Crippen molar-refractivity contribution in [3.8, 4) is 0 Å². The van der Waals surface area contributed by atoms with Crippen LogP contribution < -0.4 is 0 Å². The molecule has 160 valence electrons. The van der Waals surface area contributed by atoms with Crippen LogP contribution in [0, 0.1) is 11.8 Å². The first-order chi connectivity index (χ1) is 13.4. The molecule has 7 heteroatoms. The maximum Gasteiger partial charge on any atom is 0.305 e. The molecule has 0 spiro atoms. The van der Waals surface area contributed by atoms with Crippen LogP contribution in [0.3, 0.4) is 0 Å². The SMILES string of the molecule is CCOC(=O)CCCCCCC1C(OC(C)=O)CC(OC(C)=O)C1C=CCO. The van der Waals surface area contributed by atoms with Crippen molar-refractivity contribution in [2.75, 3.05) is 13.2 Å². The van der Waals surface area contributed by atoms with Gasteiger partial charge in [-0.05, 0) is 19.8 Å². The van der Waals surface area contributed by atoms with E-state index >= 15 is 0 Å². The van der Waals surface area contributed by atoms with Gasteiger partial charge in [0.25, 0.3) is 0 Å². The van der Waals surface area contributed by atoms with E-state index in [1.165, 1.54) is 13.8 Å². The van der Waals surface area contributed by atoms with Crippen LogP contribution >= 0.6 is 0 Å². The smallest absolute Gasteiger partial charge is 0.305 e. The van der Waals surface area contributed by atoms with Crippen molar-refractivity contribution in [1.82, 2.24) is 0 Å². The lowest BCUT2D eigenvalue weighted by Gasteiger charge is -2.24. The van der Waals surface area contributed by atoms with Gasteiger partial charge >= 0.3 is 17.9 Å². The summed E-state index contributed by atoms with van der Waals surface area (Å²) < 4.78 is 15.9. The fraction of sp³-hybridized carbons (Fsp3) is 0.762. The molecule has 1 N–H and O–H groups in total. The molecule has 1 rings (SSSR count). The molecule has 0 aromatic rings. The average Bonchev–Trinajstić information content (AvgIpc) is 2.91. The number of aliphatic hydroxyl groups excluding tert-OH is 1. The Balaban J connectivity index is 2.61. The number of unbranched alkanes of at least 4 members (excludes halogenated alkanes) is 3. The number of esters is 3. The largest absolute Gasteiger partial charge is 0.466 e. The number of aliphatic hydroxyl groups is 1. The summed E-state index contributed by atoms with van der Waals surface area (Å²) in [6.07, 6.45) is 8.14. The predicted molar refractivity (Wildman–Crippen MR) is 103 cm³/mol. The zero-order chi connectivity index (χ0) is 20.9. The highest BCUT2D eigenvalue weighted by Gasteiger charge is 2.45. The van der Waals surface area contributed by atoms with Crippen LogP contribution in [0.1, 0.15) is 65.7 Å². The monoisotopic (exact) mass is 398 g/mol. The summed E-state index contributed by atoms with van der Waals surface area (Å²) in [4.78, 5) is 34.3. The van der Waals surface area contributed by atoms with E-state index in [-0.39, 0.29) is 48.6 Å². The molecular weight excluding hydrogens is 364 g/mol. The fourth-order valence-electron chi connectivity index (χ4n) is 3.87. The van der Waals surface area contributed by atoms with Gasteiger partial charge < -0.3 is 19.3 Å². The van der Waals surface area contributed by atoms with E-state index in [1.807, 2.05) is 6.08 Å². The number of ether oxygens (including phenoxy) is 3. The quantitative estimate of drug-likeness (QED) is 0.233. The standard InChI is InChI=1S/C21H34O7/c1-4-26-21(25)12-8-6-5-7-10-17-18(11-9-13-22)20(28-16(3)24)14-19(17)27-15(2)23/h9,11,17-20,22H,4-8,10,12-14H2,1-3H3.